The van der Waals surface area contributed by atoms with Crippen LogP contribution >= 0.6 is 0 Å². The van der Waals surface area contributed by atoms with Gasteiger partial charge in [-0.1, -0.05) is 6.08 Å². The number of nitrogens with zero attached hydrogens (tertiary/aromatic N) is 1. The Morgan fingerprint density at radius 2 is 1.86 bits per heavy atom. The molecule has 3 rings (SSSR count). The van der Waals surface area contributed by atoms with E-state index in [2.05, 4.69) is 0 Å². The van der Waals surface area contributed by atoms with E-state index in [4.69, 9.17) is 4.42 Å². The smallest absolute Gasteiger partial charge is 0.343 e. The number of phenols is 1. The summed E-state index contributed by atoms with van der Waals surface area (Å²) in [4.78, 5) is 11.9. The third kappa shape index (κ3) is 2.84. The van der Waals surface area contributed by atoms with Crippen LogP contribution < -0.4 is 10.2 Å². The van der Waals surface area contributed by atoms with Crippen molar-refractivity contribution in [3.63, 3.8) is 0 Å². The van der Waals surface area contributed by atoms with E-state index in [0.29, 0.717) is 11.1 Å². The van der Waals surface area contributed by atoms with Gasteiger partial charge in [0.25, 0.3) is 0 Å². The molecular formula is C17H14NO3+. The van der Waals surface area contributed by atoms with E-state index in [1.54, 1.807) is 24.3 Å². The van der Waals surface area contributed by atoms with E-state index in [1.165, 1.54) is 6.07 Å². The lowest BCUT2D eigenvalue weighted by Crippen LogP contribution is -2.25. The molecule has 0 aliphatic carbocycles. The van der Waals surface area contributed by atoms with Gasteiger partial charge in [-0.15, -0.1) is 0 Å². The second-order valence-corrected chi connectivity index (χ2v) is 4.84. The molecule has 104 valence electrons. The summed E-state index contributed by atoms with van der Waals surface area (Å²) in [6.07, 6.45) is 7.46. The van der Waals surface area contributed by atoms with Gasteiger partial charge in [0.1, 0.15) is 18.4 Å². The van der Waals surface area contributed by atoms with Crippen molar-refractivity contribution < 1.29 is 14.1 Å². The zero-order valence-corrected chi connectivity index (χ0v) is 11.5. The van der Waals surface area contributed by atoms with Gasteiger partial charge < -0.3 is 9.52 Å². The second-order valence-electron chi connectivity index (χ2n) is 4.84. The molecule has 3 aromatic rings. The molecule has 4 heteroatoms. The first kappa shape index (κ1) is 13.1. The van der Waals surface area contributed by atoms with Crippen LogP contribution in [-0.2, 0) is 7.05 Å². The third-order valence-electron chi connectivity index (χ3n) is 3.21. The molecule has 0 atom stereocenters. The van der Waals surface area contributed by atoms with Gasteiger partial charge in [0.15, 0.2) is 12.4 Å². The molecule has 21 heavy (non-hydrogen) atoms. The van der Waals surface area contributed by atoms with Gasteiger partial charge in [-0.3, -0.25) is 0 Å². The van der Waals surface area contributed by atoms with E-state index in [-0.39, 0.29) is 5.75 Å². The number of phenolic OH excluding ortho intramolecular Hbond substituents is 1. The molecule has 2 heterocycles. The number of hydrogen-bond acceptors (Lipinski definition) is 3. The zero-order valence-electron chi connectivity index (χ0n) is 11.5. The van der Waals surface area contributed by atoms with Crippen LogP contribution in [0, 0.1) is 0 Å². The first-order chi connectivity index (χ1) is 10.1. The maximum atomic E-state index is 11.9. The quantitative estimate of drug-likeness (QED) is 0.579. The van der Waals surface area contributed by atoms with E-state index in [9.17, 15) is 9.90 Å². The summed E-state index contributed by atoms with van der Waals surface area (Å²) in [6.45, 7) is 0. The number of aryl methyl sites for hydroxylation is 1. The Labute approximate surface area is 121 Å². The Bertz CT molecular complexity index is 877. The summed E-state index contributed by atoms with van der Waals surface area (Å²) in [5, 5.41) is 10.2. The van der Waals surface area contributed by atoms with Crippen LogP contribution in [-0.4, -0.2) is 5.11 Å². The van der Waals surface area contributed by atoms with E-state index in [0.717, 1.165) is 10.9 Å². The molecule has 0 bridgehead atoms. The zero-order chi connectivity index (χ0) is 14.8. The molecule has 0 fully saturated rings. The van der Waals surface area contributed by atoms with E-state index >= 15 is 0 Å². The van der Waals surface area contributed by atoms with Crippen LogP contribution in [0.25, 0.3) is 23.1 Å². The molecule has 0 unspecified atom stereocenters. The molecule has 0 amide bonds. The average Bonchev–Trinajstić information content (AvgIpc) is 2.47. The Kier molecular flexibility index (Phi) is 3.28. The average molecular weight is 280 g/mol. The summed E-state index contributed by atoms with van der Waals surface area (Å²) >= 11 is 0. The normalized spacial score (nSPS) is 11.3. The van der Waals surface area contributed by atoms with Crippen LogP contribution in [0.5, 0.6) is 5.75 Å². The van der Waals surface area contributed by atoms with Gasteiger partial charge in [-0.25, -0.2) is 9.36 Å². The first-order valence-electron chi connectivity index (χ1n) is 6.52. The highest BCUT2D eigenvalue weighted by Gasteiger charge is 2.03. The van der Waals surface area contributed by atoms with Gasteiger partial charge in [0.05, 0.1) is 5.56 Å². The maximum Gasteiger partial charge on any atom is 0.343 e. The Morgan fingerprint density at radius 3 is 2.62 bits per heavy atom. The number of rotatable bonds is 2. The fourth-order valence-corrected chi connectivity index (χ4v) is 2.04. The van der Waals surface area contributed by atoms with Gasteiger partial charge in [0.2, 0.25) is 0 Å². The van der Waals surface area contributed by atoms with Crippen molar-refractivity contribution >= 4 is 23.1 Å². The van der Waals surface area contributed by atoms with Crippen molar-refractivity contribution in [2.75, 3.05) is 0 Å². The minimum atomic E-state index is -0.425. The van der Waals surface area contributed by atoms with Gasteiger partial charge in [-0.2, -0.15) is 0 Å². The SMILES string of the molecule is C[n+]1ccc(/C=C/c2cc3ccc(O)cc3oc2=O)cc1. The Morgan fingerprint density at radius 1 is 1.10 bits per heavy atom. The topological polar surface area (TPSA) is 54.3 Å². The van der Waals surface area contributed by atoms with Crippen molar-refractivity contribution in [2.24, 2.45) is 7.05 Å². The second kappa shape index (κ2) is 5.25. The summed E-state index contributed by atoms with van der Waals surface area (Å²) in [5.74, 6) is 0.0751. The van der Waals surface area contributed by atoms with Crippen molar-refractivity contribution in [3.8, 4) is 5.75 Å². The predicted molar refractivity (Wildman–Crippen MR) is 80.7 cm³/mol. The maximum absolute atomic E-state index is 11.9. The number of hydrogen-bond donors (Lipinski definition) is 1. The fourth-order valence-electron chi connectivity index (χ4n) is 2.04. The molecule has 0 aliphatic heterocycles. The number of benzene rings is 1. The number of aromatic hydroxyl groups is 1. The van der Waals surface area contributed by atoms with Gasteiger partial charge >= 0.3 is 5.63 Å². The van der Waals surface area contributed by atoms with Gasteiger partial charge in [0, 0.05) is 23.6 Å². The standard InChI is InChI=1S/C17H13NO3/c1-18-8-6-12(7-9-18)2-3-14-10-13-4-5-15(19)11-16(13)21-17(14)20/h2-11H,1H3/p+1. The Balaban J connectivity index is 2.00. The van der Waals surface area contributed by atoms with E-state index < -0.39 is 5.63 Å². The molecular weight excluding hydrogens is 266 g/mol. The molecule has 0 spiro atoms. The van der Waals surface area contributed by atoms with Crippen LogP contribution in [0.1, 0.15) is 11.1 Å². The van der Waals surface area contributed by atoms with Crippen molar-refractivity contribution in [1.29, 1.82) is 0 Å². The lowest BCUT2D eigenvalue weighted by molar-refractivity contribution is -0.671. The number of pyridine rings is 1. The van der Waals surface area contributed by atoms with Crippen molar-refractivity contribution in [3.05, 3.63) is 70.3 Å². The molecule has 1 N–H and O–H groups in total. The van der Waals surface area contributed by atoms with Crippen LogP contribution in [0.3, 0.4) is 0 Å². The monoisotopic (exact) mass is 280 g/mol. The summed E-state index contributed by atoms with van der Waals surface area (Å²) in [7, 11) is 1.95. The largest absolute Gasteiger partial charge is 0.508 e. The summed E-state index contributed by atoms with van der Waals surface area (Å²) < 4.78 is 7.15. The predicted octanol–water partition coefficient (Wildman–Crippen LogP) is 2.49. The van der Waals surface area contributed by atoms with Crippen molar-refractivity contribution in [1.82, 2.24) is 0 Å². The molecule has 0 aliphatic rings. The molecule has 4 nitrogen and oxygen atoms in total. The Hall–Kier alpha value is -2.88. The highest BCUT2D eigenvalue weighted by atomic mass is 16.4. The van der Waals surface area contributed by atoms with Crippen LogP contribution in [0.4, 0.5) is 0 Å². The van der Waals surface area contributed by atoms with Crippen LogP contribution in [0.2, 0.25) is 0 Å². The first-order valence-corrected chi connectivity index (χ1v) is 6.52. The molecule has 2 aromatic heterocycles. The third-order valence-corrected chi connectivity index (χ3v) is 3.21. The fraction of sp³-hybridized carbons (Fsp3) is 0.0588. The summed E-state index contributed by atoms with van der Waals surface area (Å²) in [5.41, 5.74) is 1.43. The minimum Gasteiger partial charge on any atom is -0.508 e. The summed E-state index contributed by atoms with van der Waals surface area (Å²) in [6, 6.07) is 10.4. The molecule has 0 saturated carbocycles. The highest BCUT2D eigenvalue weighted by molar-refractivity contribution is 5.81. The lowest BCUT2D eigenvalue weighted by Gasteiger charge is -1.99. The van der Waals surface area contributed by atoms with E-state index in [1.807, 2.05) is 42.2 Å². The minimum absolute atomic E-state index is 0.0751. The molecule has 0 saturated heterocycles. The number of fused-ring (bicyclic) bond motifs is 1. The lowest BCUT2D eigenvalue weighted by atomic mass is 10.1. The number of aromatic nitrogens is 1. The highest BCUT2D eigenvalue weighted by Crippen LogP contribution is 2.19. The molecule has 0 radical (unpaired) electrons. The van der Waals surface area contributed by atoms with Crippen molar-refractivity contribution in [2.45, 2.75) is 0 Å². The molecule has 1 aromatic carbocycles. The van der Waals surface area contributed by atoms with Crippen LogP contribution in [0.15, 0.2) is 58.0 Å². The van der Waals surface area contributed by atoms with Gasteiger partial charge in [-0.05, 0) is 29.8 Å².